The zero-order valence-corrected chi connectivity index (χ0v) is 13.2. The second-order valence-electron chi connectivity index (χ2n) is 6.71. The van der Waals surface area contributed by atoms with Crippen molar-refractivity contribution in [3.63, 3.8) is 0 Å². The van der Waals surface area contributed by atoms with Crippen LogP contribution in [0.15, 0.2) is 24.3 Å². The average molecular weight is 285 g/mol. The van der Waals surface area contributed by atoms with Gasteiger partial charge in [-0.25, -0.2) is 0 Å². The highest BCUT2D eigenvalue weighted by Crippen LogP contribution is 2.26. The van der Waals surface area contributed by atoms with Gasteiger partial charge in [-0.3, -0.25) is 4.90 Å². The fourth-order valence-corrected chi connectivity index (χ4v) is 3.31. The lowest BCUT2D eigenvalue weighted by Gasteiger charge is -2.31. The predicted molar refractivity (Wildman–Crippen MR) is 89.4 cm³/mol. The van der Waals surface area contributed by atoms with Crippen LogP contribution in [0.1, 0.15) is 43.9 Å². The summed E-state index contributed by atoms with van der Waals surface area (Å²) in [7, 11) is 0. The molecule has 0 saturated carbocycles. The van der Waals surface area contributed by atoms with Crippen molar-refractivity contribution < 1.29 is 0 Å². The Morgan fingerprint density at radius 1 is 1.29 bits per heavy atom. The maximum Gasteiger partial charge on any atom is 0.0459 e. The van der Waals surface area contributed by atoms with E-state index in [0.717, 1.165) is 19.0 Å². The highest BCUT2D eigenvalue weighted by atomic mass is 15.1. The van der Waals surface area contributed by atoms with Crippen LogP contribution in [-0.2, 0) is 6.54 Å². The maximum absolute atomic E-state index is 5.78. The minimum absolute atomic E-state index is 0.547. The number of nitrogens with two attached hydrogens (primary N) is 1. The molecule has 3 rings (SSSR count). The Bertz CT molecular complexity index is 592. The largest absolute Gasteiger partial charge is 0.358 e. The Kier molecular flexibility index (Phi) is 4.32. The molecule has 1 aliphatic rings. The zero-order valence-electron chi connectivity index (χ0n) is 13.2. The number of benzene rings is 1. The van der Waals surface area contributed by atoms with Gasteiger partial charge in [0.25, 0.3) is 0 Å². The molecule has 1 saturated heterocycles. The van der Waals surface area contributed by atoms with Crippen molar-refractivity contribution >= 4 is 10.9 Å². The number of aromatic amines is 1. The quantitative estimate of drug-likeness (QED) is 0.903. The van der Waals surface area contributed by atoms with E-state index in [1.165, 1.54) is 48.1 Å². The summed E-state index contributed by atoms with van der Waals surface area (Å²) >= 11 is 0. The summed E-state index contributed by atoms with van der Waals surface area (Å²) in [5.41, 5.74) is 9.83. The standard InChI is InChI=1S/C18H27N3/c1-13(2)18-10-16-15(4-3-5-17(16)20-18)12-21-8-6-14(11-19)7-9-21/h3-5,10,13-14,20H,6-9,11-12,19H2,1-2H3. The molecule has 3 N–H and O–H groups in total. The monoisotopic (exact) mass is 285 g/mol. The molecule has 1 aromatic carbocycles. The second kappa shape index (κ2) is 6.20. The van der Waals surface area contributed by atoms with Gasteiger partial charge >= 0.3 is 0 Å². The van der Waals surface area contributed by atoms with Gasteiger partial charge in [0, 0.05) is 23.1 Å². The van der Waals surface area contributed by atoms with E-state index in [4.69, 9.17) is 5.73 Å². The lowest BCUT2D eigenvalue weighted by Crippen LogP contribution is -2.35. The molecule has 1 aromatic heterocycles. The molecule has 3 nitrogen and oxygen atoms in total. The van der Waals surface area contributed by atoms with E-state index in [1.54, 1.807) is 0 Å². The molecule has 0 radical (unpaired) electrons. The SMILES string of the molecule is CC(C)c1cc2c(CN3CCC(CN)CC3)cccc2[nH]1. The van der Waals surface area contributed by atoms with Crippen LogP contribution in [0.2, 0.25) is 0 Å². The van der Waals surface area contributed by atoms with Gasteiger partial charge < -0.3 is 10.7 Å². The molecular weight excluding hydrogens is 258 g/mol. The first-order valence-corrected chi connectivity index (χ1v) is 8.20. The maximum atomic E-state index is 5.78. The van der Waals surface area contributed by atoms with Crippen molar-refractivity contribution in [1.29, 1.82) is 0 Å². The first-order chi connectivity index (χ1) is 10.2. The molecule has 0 unspecified atom stereocenters. The second-order valence-corrected chi connectivity index (χ2v) is 6.71. The molecule has 0 spiro atoms. The Balaban J connectivity index is 1.78. The van der Waals surface area contributed by atoms with Gasteiger partial charge in [0.05, 0.1) is 0 Å². The lowest BCUT2D eigenvalue weighted by atomic mass is 9.96. The predicted octanol–water partition coefficient (Wildman–Crippen LogP) is 3.46. The summed E-state index contributed by atoms with van der Waals surface area (Å²) in [4.78, 5) is 6.13. The van der Waals surface area contributed by atoms with Crippen LogP contribution in [-0.4, -0.2) is 29.5 Å². The molecule has 114 valence electrons. The number of nitrogens with one attached hydrogen (secondary N) is 1. The number of nitrogens with zero attached hydrogens (tertiary/aromatic N) is 1. The van der Waals surface area contributed by atoms with Crippen molar-refractivity contribution in [2.24, 2.45) is 11.7 Å². The van der Waals surface area contributed by atoms with E-state index >= 15 is 0 Å². The van der Waals surface area contributed by atoms with E-state index in [1.807, 2.05) is 0 Å². The highest BCUT2D eigenvalue weighted by molar-refractivity contribution is 5.84. The number of H-pyrrole nitrogens is 1. The summed E-state index contributed by atoms with van der Waals surface area (Å²) in [6.45, 7) is 8.74. The summed E-state index contributed by atoms with van der Waals surface area (Å²) in [5, 5.41) is 1.39. The van der Waals surface area contributed by atoms with Crippen LogP contribution >= 0.6 is 0 Å². The van der Waals surface area contributed by atoms with Gasteiger partial charge in [-0.1, -0.05) is 26.0 Å². The van der Waals surface area contributed by atoms with Gasteiger partial charge in [-0.05, 0) is 62.0 Å². The fourth-order valence-electron chi connectivity index (χ4n) is 3.31. The zero-order chi connectivity index (χ0) is 14.8. The minimum Gasteiger partial charge on any atom is -0.358 e. The number of rotatable bonds is 4. The molecule has 2 heterocycles. The van der Waals surface area contributed by atoms with Crippen molar-refractivity contribution in [1.82, 2.24) is 9.88 Å². The molecule has 0 atom stereocenters. The number of hydrogen-bond donors (Lipinski definition) is 2. The van der Waals surface area contributed by atoms with E-state index in [0.29, 0.717) is 5.92 Å². The van der Waals surface area contributed by atoms with Crippen LogP contribution in [0.3, 0.4) is 0 Å². The van der Waals surface area contributed by atoms with Crippen LogP contribution in [0, 0.1) is 5.92 Å². The van der Waals surface area contributed by atoms with E-state index in [2.05, 4.69) is 48.0 Å². The number of hydrogen-bond acceptors (Lipinski definition) is 2. The van der Waals surface area contributed by atoms with Gasteiger partial charge in [0.15, 0.2) is 0 Å². The van der Waals surface area contributed by atoms with E-state index in [9.17, 15) is 0 Å². The molecule has 0 bridgehead atoms. The normalized spacial score (nSPS) is 17.9. The van der Waals surface area contributed by atoms with Crippen LogP contribution < -0.4 is 5.73 Å². The van der Waals surface area contributed by atoms with Crippen LogP contribution in [0.25, 0.3) is 10.9 Å². The molecule has 0 aliphatic carbocycles. The summed E-state index contributed by atoms with van der Waals surface area (Å²) in [5.74, 6) is 1.28. The molecule has 21 heavy (non-hydrogen) atoms. The number of likely N-dealkylation sites (tertiary alicyclic amines) is 1. The molecule has 0 amide bonds. The average Bonchev–Trinajstić information content (AvgIpc) is 2.93. The highest BCUT2D eigenvalue weighted by Gasteiger charge is 2.19. The fraction of sp³-hybridized carbons (Fsp3) is 0.556. The van der Waals surface area contributed by atoms with Crippen molar-refractivity contribution in [3.8, 4) is 0 Å². The Labute approximate surface area is 127 Å². The summed E-state index contributed by atoms with van der Waals surface area (Å²) < 4.78 is 0. The van der Waals surface area contributed by atoms with Gasteiger partial charge in [0.1, 0.15) is 0 Å². The molecular formula is C18H27N3. The first kappa shape index (κ1) is 14.6. The van der Waals surface area contributed by atoms with E-state index < -0.39 is 0 Å². The third-order valence-electron chi connectivity index (χ3n) is 4.83. The Morgan fingerprint density at radius 3 is 2.71 bits per heavy atom. The third-order valence-corrected chi connectivity index (χ3v) is 4.83. The number of piperidine rings is 1. The minimum atomic E-state index is 0.547. The van der Waals surface area contributed by atoms with Crippen molar-refractivity contribution in [2.45, 2.75) is 39.2 Å². The van der Waals surface area contributed by atoms with Crippen LogP contribution in [0.5, 0.6) is 0 Å². The van der Waals surface area contributed by atoms with E-state index in [-0.39, 0.29) is 0 Å². The Morgan fingerprint density at radius 2 is 2.05 bits per heavy atom. The molecule has 2 aromatic rings. The Hall–Kier alpha value is -1.32. The summed E-state index contributed by atoms with van der Waals surface area (Å²) in [6, 6.07) is 8.97. The third kappa shape index (κ3) is 3.14. The van der Waals surface area contributed by atoms with Crippen molar-refractivity contribution in [3.05, 3.63) is 35.5 Å². The lowest BCUT2D eigenvalue weighted by molar-refractivity contribution is 0.181. The molecule has 1 aliphatic heterocycles. The van der Waals surface area contributed by atoms with Gasteiger partial charge in [-0.15, -0.1) is 0 Å². The van der Waals surface area contributed by atoms with Crippen molar-refractivity contribution in [2.75, 3.05) is 19.6 Å². The number of fused-ring (bicyclic) bond motifs is 1. The summed E-state index contributed by atoms with van der Waals surface area (Å²) in [6.07, 6.45) is 2.49. The number of aromatic nitrogens is 1. The topological polar surface area (TPSA) is 45.0 Å². The molecule has 1 fully saturated rings. The van der Waals surface area contributed by atoms with Gasteiger partial charge in [0.2, 0.25) is 0 Å². The van der Waals surface area contributed by atoms with Crippen LogP contribution in [0.4, 0.5) is 0 Å². The molecule has 3 heteroatoms. The first-order valence-electron chi connectivity index (χ1n) is 8.20. The smallest absolute Gasteiger partial charge is 0.0459 e. The van der Waals surface area contributed by atoms with Gasteiger partial charge in [-0.2, -0.15) is 0 Å².